The molecule has 0 aliphatic carbocycles. The van der Waals surface area contributed by atoms with Crippen LogP contribution in [0.15, 0.2) is 30.3 Å². The molecule has 1 aromatic rings. The predicted octanol–water partition coefficient (Wildman–Crippen LogP) is 2.58. The number of rotatable bonds is 5. The Morgan fingerprint density at radius 2 is 1.94 bits per heavy atom. The van der Waals surface area contributed by atoms with Gasteiger partial charge in [-0.05, 0) is 24.5 Å². The molecule has 1 aromatic carbocycles. The molecular weight excluding hydrogens is 225 g/mol. The Kier molecular flexibility index (Phi) is 4.54. The average molecular weight is 243 g/mol. The van der Waals surface area contributed by atoms with Crippen molar-refractivity contribution < 1.29 is 14.0 Å². The van der Waals surface area contributed by atoms with Gasteiger partial charge in [0.15, 0.2) is 0 Å². The van der Waals surface area contributed by atoms with E-state index in [1.54, 1.807) is 24.3 Å². The number of benzene rings is 1. The lowest BCUT2D eigenvalue weighted by Gasteiger charge is -2.20. The van der Waals surface area contributed by atoms with Gasteiger partial charge in [0.2, 0.25) is 0 Å². The maximum absolute atomic E-state index is 11.8. The van der Waals surface area contributed by atoms with Crippen LogP contribution in [0.3, 0.4) is 0 Å². The molecule has 0 aliphatic rings. The van der Waals surface area contributed by atoms with Crippen LogP contribution in [-0.4, -0.2) is 10.7 Å². The number of nitrogens with two attached hydrogens (primary N) is 1. The Morgan fingerprint density at radius 3 is 2.44 bits per heavy atom. The molecule has 0 amide bonds. The first-order valence-electron chi connectivity index (χ1n) is 5.24. The summed E-state index contributed by atoms with van der Waals surface area (Å²) in [6.45, 7) is 3.89. The molecule has 90 valence electrons. The number of para-hydroxylation sites is 1. The zero-order valence-electron chi connectivity index (χ0n) is 9.54. The molecule has 1 rings (SSSR count). The summed E-state index contributed by atoms with van der Waals surface area (Å²) in [5, 5.41) is 0. The van der Waals surface area contributed by atoms with Crippen LogP contribution in [-0.2, 0) is 4.57 Å². The van der Waals surface area contributed by atoms with Crippen LogP contribution >= 0.6 is 7.60 Å². The Morgan fingerprint density at radius 1 is 1.38 bits per heavy atom. The van der Waals surface area contributed by atoms with Crippen molar-refractivity contribution >= 4 is 7.60 Å². The fourth-order valence-electron chi connectivity index (χ4n) is 1.32. The molecule has 5 heteroatoms. The van der Waals surface area contributed by atoms with Crippen LogP contribution in [0, 0.1) is 5.92 Å². The second kappa shape index (κ2) is 5.48. The summed E-state index contributed by atoms with van der Waals surface area (Å²) in [6, 6.07) is 8.55. The van der Waals surface area contributed by atoms with E-state index in [-0.39, 0.29) is 5.92 Å². The summed E-state index contributed by atoms with van der Waals surface area (Å²) >= 11 is 0. The number of hydrogen-bond donors (Lipinski definition) is 2. The number of hydrogen-bond acceptors (Lipinski definition) is 3. The molecule has 3 N–H and O–H groups in total. The predicted molar refractivity (Wildman–Crippen MR) is 64.3 cm³/mol. The Bertz CT molecular complexity index is 367. The molecule has 0 aliphatic heterocycles. The first kappa shape index (κ1) is 13.2. The van der Waals surface area contributed by atoms with Gasteiger partial charge in [0.1, 0.15) is 11.5 Å². The second-order valence-corrected chi connectivity index (χ2v) is 6.14. The fourth-order valence-corrected chi connectivity index (χ4v) is 2.56. The normalized spacial score (nSPS) is 16.8. The van der Waals surface area contributed by atoms with Gasteiger partial charge in [0, 0.05) is 0 Å². The second-order valence-electron chi connectivity index (χ2n) is 4.17. The average Bonchev–Trinajstić information content (AvgIpc) is 2.17. The lowest BCUT2D eigenvalue weighted by atomic mass is 10.1. The maximum atomic E-state index is 11.8. The minimum Gasteiger partial charge on any atom is -0.423 e. The molecule has 2 atom stereocenters. The highest BCUT2D eigenvalue weighted by atomic mass is 31.2. The molecular formula is C11H18NO3P. The first-order valence-corrected chi connectivity index (χ1v) is 6.89. The molecule has 0 heterocycles. The van der Waals surface area contributed by atoms with E-state index in [0.717, 1.165) is 0 Å². The van der Waals surface area contributed by atoms with Crippen molar-refractivity contribution in [3.8, 4) is 5.75 Å². The minimum absolute atomic E-state index is 0.259. The van der Waals surface area contributed by atoms with Gasteiger partial charge in [-0.3, -0.25) is 0 Å². The van der Waals surface area contributed by atoms with Crippen LogP contribution < -0.4 is 10.3 Å². The van der Waals surface area contributed by atoms with Crippen molar-refractivity contribution in [1.29, 1.82) is 0 Å². The van der Waals surface area contributed by atoms with Crippen LogP contribution in [0.4, 0.5) is 0 Å². The smallest absolute Gasteiger partial charge is 0.393 e. The van der Waals surface area contributed by atoms with Crippen LogP contribution in [0.1, 0.15) is 20.3 Å². The fraction of sp³-hybridized carbons (Fsp3) is 0.455. The highest BCUT2D eigenvalue weighted by molar-refractivity contribution is 7.53. The van der Waals surface area contributed by atoms with Gasteiger partial charge in [-0.2, -0.15) is 0 Å². The molecule has 0 bridgehead atoms. The molecule has 0 saturated heterocycles. The van der Waals surface area contributed by atoms with Crippen molar-refractivity contribution in [1.82, 2.24) is 0 Å². The zero-order valence-corrected chi connectivity index (χ0v) is 10.4. The van der Waals surface area contributed by atoms with E-state index < -0.39 is 13.4 Å². The van der Waals surface area contributed by atoms with E-state index >= 15 is 0 Å². The molecule has 16 heavy (non-hydrogen) atoms. The van der Waals surface area contributed by atoms with Crippen LogP contribution in [0.2, 0.25) is 0 Å². The molecule has 4 nitrogen and oxygen atoms in total. The van der Waals surface area contributed by atoms with Gasteiger partial charge >= 0.3 is 7.60 Å². The van der Waals surface area contributed by atoms with E-state index in [1.165, 1.54) is 0 Å². The summed E-state index contributed by atoms with van der Waals surface area (Å²) in [7, 11) is -3.78. The lowest BCUT2D eigenvalue weighted by molar-refractivity contribution is 0.355. The molecule has 0 fully saturated rings. The van der Waals surface area contributed by atoms with Gasteiger partial charge in [0.25, 0.3) is 0 Å². The van der Waals surface area contributed by atoms with Gasteiger partial charge in [-0.1, -0.05) is 32.0 Å². The third-order valence-corrected chi connectivity index (χ3v) is 3.63. The maximum Gasteiger partial charge on any atom is 0.393 e. The van der Waals surface area contributed by atoms with Gasteiger partial charge < -0.3 is 15.2 Å². The van der Waals surface area contributed by atoms with E-state index in [0.29, 0.717) is 12.2 Å². The first-order chi connectivity index (χ1) is 7.42. The minimum atomic E-state index is -3.78. The van der Waals surface area contributed by atoms with E-state index in [4.69, 9.17) is 10.3 Å². The van der Waals surface area contributed by atoms with E-state index in [9.17, 15) is 9.46 Å². The third kappa shape index (κ3) is 3.97. The topological polar surface area (TPSA) is 72.6 Å². The third-order valence-electron chi connectivity index (χ3n) is 2.11. The summed E-state index contributed by atoms with van der Waals surface area (Å²) < 4.78 is 16.9. The van der Waals surface area contributed by atoms with Crippen molar-refractivity contribution in [3.63, 3.8) is 0 Å². The molecule has 0 aromatic heterocycles. The van der Waals surface area contributed by atoms with Gasteiger partial charge in [0.05, 0.1) is 0 Å². The van der Waals surface area contributed by atoms with Crippen molar-refractivity contribution in [2.24, 2.45) is 11.7 Å². The van der Waals surface area contributed by atoms with Crippen molar-refractivity contribution in [2.75, 3.05) is 0 Å². The van der Waals surface area contributed by atoms with Crippen LogP contribution in [0.25, 0.3) is 0 Å². The summed E-state index contributed by atoms with van der Waals surface area (Å²) in [5.74, 6) is -0.213. The summed E-state index contributed by atoms with van der Waals surface area (Å²) in [4.78, 5) is 9.69. The van der Waals surface area contributed by atoms with Crippen molar-refractivity contribution in [3.05, 3.63) is 30.3 Å². The van der Waals surface area contributed by atoms with Crippen LogP contribution in [0.5, 0.6) is 5.75 Å². The molecule has 0 saturated carbocycles. The largest absolute Gasteiger partial charge is 0.423 e. The molecule has 1 unspecified atom stereocenters. The Labute approximate surface area is 96.0 Å². The molecule has 0 radical (unpaired) electrons. The van der Waals surface area contributed by atoms with Gasteiger partial charge in [-0.25, -0.2) is 4.57 Å². The van der Waals surface area contributed by atoms with E-state index in [2.05, 4.69) is 0 Å². The monoisotopic (exact) mass is 243 g/mol. The Hall–Kier alpha value is -0.830. The molecule has 0 spiro atoms. The zero-order chi connectivity index (χ0) is 12.2. The summed E-state index contributed by atoms with van der Waals surface area (Å²) in [5.41, 5.74) is 5.66. The quantitative estimate of drug-likeness (QED) is 0.779. The van der Waals surface area contributed by atoms with Crippen molar-refractivity contribution in [2.45, 2.75) is 26.1 Å². The standard InChI is InChI=1S/C11H18NO3P/c1-9(2)8-11(12)16(13,14)15-10-6-4-3-5-7-10/h3-7,9,11H,8,12H2,1-2H3,(H,13,14)/t11-/m1/s1. The Balaban J connectivity index is 2.68. The van der Waals surface area contributed by atoms with Gasteiger partial charge in [-0.15, -0.1) is 0 Å². The van der Waals surface area contributed by atoms with E-state index in [1.807, 2.05) is 19.9 Å². The lowest BCUT2D eigenvalue weighted by Crippen LogP contribution is -2.24. The highest BCUT2D eigenvalue weighted by Crippen LogP contribution is 2.47. The highest BCUT2D eigenvalue weighted by Gasteiger charge is 2.31. The summed E-state index contributed by atoms with van der Waals surface area (Å²) in [6.07, 6.45) is 0.459. The SMILES string of the molecule is CC(C)C[C@H](N)P(=O)(O)Oc1ccccc1.